The van der Waals surface area contributed by atoms with Crippen LogP contribution in [0.4, 0.5) is 0 Å². The van der Waals surface area contributed by atoms with Crippen molar-refractivity contribution in [2.45, 2.75) is 85.7 Å². The molecule has 2 unspecified atom stereocenters. The maximum atomic E-state index is 4.54. The molecule has 0 amide bonds. The Balaban J connectivity index is 0. The molecular weight excluding hydrogens is 312 g/mol. The van der Waals surface area contributed by atoms with Crippen LogP contribution in [0.15, 0.2) is 30.3 Å². The van der Waals surface area contributed by atoms with E-state index in [0.717, 1.165) is 18.0 Å². The van der Waals surface area contributed by atoms with Crippen LogP contribution >= 0.6 is 12.2 Å². The normalized spacial score (nSPS) is 12.0. The molecule has 0 aliphatic rings. The van der Waals surface area contributed by atoms with Crippen LogP contribution in [0.2, 0.25) is 0 Å². The van der Waals surface area contributed by atoms with Crippen molar-refractivity contribution in [1.82, 2.24) is 5.32 Å². The number of rotatable bonds is 9. The number of thiocarbonyl (C=S) groups is 1. The summed E-state index contributed by atoms with van der Waals surface area (Å²) in [4.78, 5) is 0. The standard InChI is InChI=1S/C16H27N.C4H10.CH3NS/c1-4-14(2)9-8-10-15(3)17-13-16-11-6-5-7-12-16;1-3-4-2;2-1-3/h5-7,11-12,14-15,17H,4,8-10,13H2,1-3H3;3-4H2,1-2H3;1H,(H2,2,3). The summed E-state index contributed by atoms with van der Waals surface area (Å²) >= 11 is 4.05. The third-order valence-electron chi connectivity index (χ3n) is 4.03. The Labute approximate surface area is 156 Å². The van der Waals surface area contributed by atoms with Gasteiger partial charge in [0.25, 0.3) is 0 Å². The number of unbranched alkanes of at least 4 members (excludes halogenated alkanes) is 1. The Morgan fingerprint density at radius 2 is 1.58 bits per heavy atom. The lowest BCUT2D eigenvalue weighted by molar-refractivity contribution is 0.436. The molecule has 3 N–H and O–H groups in total. The van der Waals surface area contributed by atoms with E-state index in [9.17, 15) is 0 Å². The first kappa shape index (κ1) is 25.3. The lowest BCUT2D eigenvalue weighted by Gasteiger charge is -2.15. The van der Waals surface area contributed by atoms with Gasteiger partial charge in [0.1, 0.15) is 0 Å². The molecule has 1 aromatic rings. The fraction of sp³-hybridized carbons (Fsp3) is 0.667. The molecule has 1 aromatic carbocycles. The summed E-state index contributed by atoms with van der Waals surface area (Å²) in [5, 5.41) is 3.59. The number of hydrogen-bond acceptors (Lipinski definition) is 2. The minimum Gasteiger partial charge on any atom is -0.396 e. The molecule has 0 aliphatic carbocycles. The second-order valence-electron chi connectivity index (χ2n) is 6.35. The lowest BCUT2D eigenvalue weighted by atomic mass is 10.00. The van der Waals surface area contributed by atoms with Crippen LogP contribution in [-0.4, -0.2) is 11.5 Å². The molecule has 140 valence electrons. The van der Waals surface area contributed by atoms with Crippen LogP contribution in [0.1, 0.15) is 78.7 Å². The summed E-state index contributed by atoms with van der Waals surface area (Å²) in [5.41, 5.74) is 7.00. The van der Waals surface area contributed by atoms with Gasteiger partial charge in [-0.2, -0.15) is 0 Å². The quantitative estimate of drug-likeness (QED) is 0.528. The minimum atomic E-state index is 0.624. The van der Waals surface area contributed by atoms with Crippen molar-refractivity contribution in [3.05, 3.63) is 35.9 Å². The molecule has 1 rings (SSSR count). The summed E-state index contributed by atoms with van der Waals surface area (Å²) in [6, 6.07) is 11.3. The molecule has 0 aliphatic heterocycles. The molecule has 3 heteroatoms. The van der Waals surface area contributed by atoms with Gasteiger partial charge >= 0.3 is 0 Å². The number of nitrogens with one attached hydrogen (secondary N) is 1. The van der Waals surface area contributed by atoms with Crippen LogP contribution in [-0.2, 0) is 6.54 Å². The highest BCUT2D eigenvalue weighted by Crippen LogP contribution is 2.12. The Hall–Kier alpha value is -0.930. The fourth-order valence-electron chi connectivity index (χ4n) is 1.97. The molecule has 0 heterocycles. The van der Waals surface area contributed by atoms with E-state index in [0.29, 0.717) is 6.04 Å². The van der Waals surface area contributed by atoms with Crippen molar-refractivity contribution in [2.24, 2.45) is 11.7 Å². The highest BCUT2D eigenvalue weighted by Gasteiger charge is 2.03. The van der Waals surface area contributed by atoms with Crippen molar-refractivity contribution in [2.75, 3.05) is 0 Å². The second-order valence-corrected chi connectivity index (χ2v) is 6.62. The second kappa shape index (κ2) is 20.1. The van der Waals surface area contributed by atoms with Gasteiger partial charge in [-0.1, -0.05) is 102 Å². The monoisotopic (exact) mass is 352 g/mol. The van der Waals surface area contributed by atoms with Gasteiger partial charge < -0.3 is 11.1 Å². The third kappa shape index (κ3) is 19.1. The summed E-state index contributed by atoms with van der Waals surface area (Å²) in [5.74, 6) is 0.885. The zero-order valence-electron chi connectivity index (χ0n) is 16.6. The van der Waals surface area contributed by atoms with Crippen LogP contribution in [0.5, 0.6) is 0 Å². The minimum absolute atomic E-state index is 0.624. The van der Waals surface area contributed by atoms with Crippen LogP contribution in [0, 0.1) is 5.92 Å². The van der Waals surface area contributed by atoms with E-state index in [2.05, 4.69) is 88.2 Å². The molecule has 2 atom stereocenters. The fourth-order valence-corrected chi connectivity index (χ4v) is 1.97. The summed E-state index contributed by atoms with van der Waals surface area (Å²) in [6.45, 7) is 12.3. The molecule has 24 heavy (non-hydrogen) atoms. The van der Waals surface area contributed by atoms with E-state index < -0.39 is 0 Å². The van der Waals surface area contributed by atoms with Crippen molar-refractivity contribution in [3.8, 4) is 0 Å². The van der Waals surface area contributed by atoms with E-state index in [-0.39, 0.29) is 0 Å². The SMILES string of the molecule is CCC(C)CCCC(C)NCc1ccccc1.CCCC.NC=S. The van der Waals surface area contributed by atoms with Crippen molar-refractivity contribution in [3.63, 3.8) is 0 Å². The van der Waals surface area contributed by atoms with Crippen LogP contribution in [0.3, 0.4) is 0 Å². The average molecular weight is 353 g/mol. The largest absolute Gasteiger partial charge is 0.396 e. The Morgan fingerprint density at radius 3 is 2.04 bits per heavy atom. The summed E-state index contributed by atoms with van der Waals surface area (Å²) < 4.78 is 0. The Bertz CT molecular complexity index is 352. The van der Waals surface area contributed by atoms with Gasteiger partial charge in [-0.25, -0.2) is 0 Å². The number of nitrogens with two attached hydrogens (primary N) is 1. The highest BCUT2D eigenvalue weighted by molar-refractivity contribution is 7.78. The van der Waals surface area contributed by atoms with E-state index in [4.69, 9.17) is 0 Å². The predicted molar refractivity (Wildman–Crippen MR) is 114 cm³/mol. The molecule has 0 fully saturated rings. The van der Waals surface area contributed by atoms with Crippen molar-refractivity contribution in [1.29, 1.82) is 0 Å². The Kier molecular flexibility index (Phi) is 21.2. The zero-order chi connectivity index (χ0) is 18.6. The van der Waals surface area contributed by atoms with Gasteiger partial charge in [0, 0.05) is 12.6 Å². The van der Waals surface area contributed by atoms with Gasteiger partial charge in [0.2, 0.25) is 0 Å². The first-order valence-corrected chi connectivity index (χ1v) is 9.95. The maximum Gasteiger partial charge on any atom is 0.0588 e. The predicted octanol–water partition coefficient (Wildman–Crippen LogP) is 6.09. The number of hydrogen-bond donors (Lipinski definition) is 2. The van der Waals surface area contributed by atoms with Gasteiger partial charge in [0.05, 0.1) is 5.49 Å². The van der Waals surface area contributed by atoms with Gasteiger partial charge in [0.15, 0.2) is 0 Å². The molecule has 0 aromatic heterocycles. The van der Waals surface area contributed by atoms with Gasteiger partial charge in [-0.05, 0) is 24.8 Å². The first-order valence-electron chi connectivity index (χ1n) is 9.48. The van der Waals surface area contributed by atoms with E-state index >= 15 is 0 Å². The first-order chi connectivity index (χ1) is 11.5. The van der Waals surface area contributed by atoms with Crippen molar-refractivity contribution < 1.29 is 0 Å². The van der Waals surface area contributed by atoms with Gasteiger partial charge in [-0.15, -0.1) is 0 Å². The van der Waals surface area contributed by atoms with Crippen LogP contribution < -0.4 is 11.1 Å². The molecular formula is C21H40N2S. The van der Waals surface area contributed by atoms with E-state index in [1.807, 2.05) is 0 Å². The maximum absolute atomic E-state index is 4.54. The summed E-state index contributed by atoms with van der Waals surface area (Å²) in [7, 11) is 0. The van der Waals surface area contributed by atoms with Crippen LogP contribution in [0.25, 0.3) is 0 Å². The van der Waals surface area contributed by atoms with E-state index in [1.165, 1.54) is 44.1 Å². The Morgan fingerprint density at radius 1 is 1.04 bits per heavy atom. The lowest BCUT2D eigenvalue weighted by Crippen LogP contribution is -2.25. The van der Waals surface area contributed by atoms with Gasteiger partial charge in [-0.3, -0.25) is 0 Å². The number of benzene rings is 1. The zero-order valence-corrected chi connectivity index (χ0v) is 17.4. The van der Waals surface area contributed by atoms with E-state index in [1.54, 1.807) is 0 Å². The molecule has 0 spiro atoms. The summed E-state index contributed by atoms with van der Waals surface area (Å²) in [6.07, 6.45) is 7.95. The third-order valence-corrected chi connectivity index (χ3v) is 4.03. The smallest absolute Gasteiger partial charge is 0.0588 e. The highest BCUT2D eigenvalue weighted by atomic mass is 32.1. The molecule has 0 saturated heterocycles. The molecule has 0 saturated carbocycles. The van der Waals surface area contributed by atoms with Crippen molar-refractivity contribution >= 4 is 17.7 Å². The molecule has 0 bridgehead atoms. The average Bonchev–Trinajstić information content (AvgIpc) is 2.61. The topological polar surface area (TPSA) is 38.0 Å². The molecule has 2 nitrogen and oxygen atoms in total. The molecule has 0 radical (unpaired) electrons.